The molecule has 84 valence electrons. The lowest BCUT2D eigenvalue weighted by Gasteiger charge is -2.04. The molecule has 3 nitrogen and oxygen atoms in total. The van der Waals surface area contributed by atoms with Gasteiger partial charge in [-0.1, -0.05) is 18.2 Å². The summed E-state index contributed by atoms with van der Waals surface area (Å²) < 4.78 is 10.4. The molecule has 0 bridgehead atoms. The molecule has 3 rings (SSSR count). The Morgan fingerprint density at radius 3 is 2.65 bits per heavy atom. The summed E-state index contributed by atoms with van der Waals surface area (Å²) in [6, 6.07) is 12.9. The summed E-state index contributed by atoms with van der Waals surface area (Å²) in [5.41, 5.74) is 0.271. The number of hydrogen-bond donors (Lipinski definition) is 0. The molecule has 17 heavy (non-hydrogen) atoms. The lowest BCUT2D eigenvalue weighted by Crippen LogP contribution is -2.00. The Morgan fingerprint density at radius 2 is 1.82 bits per heavy atom. The normalized spacial score (nSPS) is 10.9. The van der Waals surface area contributed by atoms with E-state index in [1.54, 1.807) is 19.2 Å². The number of benzene rings is 2. The third kappa shape index (κ3) is 1.47. The first kappa shape index (κ1) is 9.90. The fourth-order valence-electron chi connectivity index (χ4n) is 1.99. The van der Waals surface area contributed by atoms with Crippen LogP contribution in [0.25, 0.3) is 21.7 Å². The second-order valence-corrected chi connectivity index (χ2v) is 3.80. The van der Waals surface area contributed by atoms with Gasteiger partial charge in [-0.05, 0) is 24.3 Å². The maximum Gasteiger partial charge on any atom is 0.344 e. The highest BCUT2D eigenvalue weighted by molar-refractivity contribution is 6.04. The molecule has 0 saturated heterocycles. The van der Waals surface area contributed by atoms with Crippen LogP contribution in [0.3, 0.4) is 0 Å². The van der Waals surface area contributed by atoms with Crippen LogP contribution in [0, 0.1) is 0 Å². The zero-order valence-electron chi connectivity index (χ0n) is 9.27. The average molecular weight is 226 g/mol. The van der Waals surface area contributed by atoms with Crippen molar-refractivity contribution in [2.24, 2.45) is 0 Å². The van der Waals surface area contributed by atoms with Gasteiger partial charge in [0.15, 0.2) is 0 Å². The van der Waals surface area contributed by atoms with Crippen molar-refractivity contribution in [1.82, 2.24) is 0 Å². The highest BCUT2D eigenvalue weighted by atomic mass is 16.5. The van der Waals surface area contributed by atoms with E-state index in [0.29, 0.717) is 16.7 Å². The van der Waals surface area contributed by atoms with Crippen LogP contribution >= 0.6 is 0 Å². The van der Waals surface area contributed by atoms with E-state index in [1.165, 1.54) is 0 Å². The zero-order valence-corrected chi connectivity index (χ0v) is 9.27. The van der Waals surface area contributed by atoms with Gasteiger partial charge in [-0.3, -0.25) is 0 Å². The van der Waals surface area contributed by atoms with Crippen LogP contribution in [0.15, 0.2) is 51.7 Å². The SMILES string of the molecule is COc1ccc2c(c1)c(=O)oc1ccccc12. The number of fused-ring (bicyclic) bond motifs is 3. The Balaban J connectivity index is 2.54. The third-order valence-electron chi connectivity index (χ3n) is 2.83. The molecule has 0 amide bonds. The van der Waals surface area contributed by atoms with E-state index in [4.69, 9.17) is 9.15 Å². The fourth-order valence-corrected chi connectivity index (χ4v) is 1.99. The first-order chi connectivity index (χ1) is 8.29. The van der Waals surface area contributed by atoms with E-state index >= 15 is 0 Å². The van der Waals surface area contributed by atoms with Crippen LogP contribution in [-0.2, 0) is 0 Å². The first-order valence-corrected chi connectivity index (χ1v) is 5.29. The molecule has 0 aliphatic rings. The highest BCUT2D eigenvalue weighted by Gasteiger charge is 2.07. The molecule has 0 fully saturated rings. The topological polar surface area (TPSA) is 39.4 Å². The Kier molecular flexibility index (Phi) is 2.11. The standard InChI is InChI=1S/C14H10O3/c1-16-9-6-7-10-11-4-2-3-5-13(11)17-14(15)12(10)8-9/h2-8H,1H3. The van der Waals surface area contributed by atoms with Gasteiger partial charge in [-0.2, -0.15) is 0 Å². The Hall–Kier alpha value is -2.29. The minimum Gasteiger partial charge on any atom is -0.497 e. The van der Waals surface area contributed by atoms with Gasteiger partial charge in [0.05, 0.1) is 12.5 Å². The summed E-state index contributed by atoms with van der Waals surface area (Å²) in [5.74, 6) is 0.653. The van der Waals surface area contributed by atoms with E-state index in [1.807, 2.05) is 30.3 Å². The molecule has 3 heteroatoms. The van der Waals surface area contributed by atoms with Crippen LogP contribution in [0.2, 0.25) is 0 Å². The van der Waals surface area contributed by atoms with E-state index in [9.17, 15) is 4.79 Å². The highest BCUT2D eigenvalue weighted by Crippen LogP contribution is 2.25. The molecule has 0 aliphatic heterocycles. The van der Waals surface area contributed by atoms with Crippen molar-refractivity contribution < 1.29 is 9.15 Å². The lowest BCUT2D eigenvalue weighted by molar-refractivity contribution is 0.415. The number of para-hydroxylation sites is 1. The summed E-state index contributed by atoms with van der Waals surface area (Å²) in [6.07, 6.45) is 0. The predicted octanol–water partition coefficient (Wildman–Crippen LogP) is 2.95. The molecule has 0 atom stereocenters. The molecule has 0 N–H and O–H groups in total. The molecule has 0 aliphatic carbocycles. The molecule has 0 unspecified atom stereocenters. The van der Waals surface area contributed by atoms with E-state index in [-0.39, 0.29) is 5.63 Å². The number of hydrogen-bond acceptors (Lipinski definition) is 3. The number of methoxy groups -OCH3 is 1. The Bertz CT molecular complexity index is 756. The molecule has 0 saturated carbocycles. The van der Waals surface area contributed by atoms with Crippen LogP contribution in [0.5, 0.6) is 5.75 Å². The molecule has 3 aromatic rings. The van der Waals surface area contributed by atoms with Crippen molar-refractivity contribution in [2.75, 3.05) is 7.11 Å². The summed E-state index contributed by atoms with van der Waals surface area (Å²) in [5, 5.41) is 2.37. The lowest BCUT2D eigenvalue weighted by atomic mass is 10.1. The van der Waals surface area contributed by atoms with Gasteiger partial charge in [0, 0.05) is 10.8 Å². The second-order valence-electron chi connectivity index (χ2n) is 3.80. The van der Waals surface area contributed by atoms with Gasteiger partial charge in [0.2, 0.25) is 0 Å². The number of rotatable bonds is 1. The average Bonchev–Trinajstić information content (AvgIpc) is 2.38. The fraction of sp³-hybridized carbons (Fsp3) is 0.0714. The van der Waals surface area contributed by atoms with Gasteiger partial charge < -0.3 is 9.15 Å². The van der Waals surface area contributed by atoms with Crippen molar-refractivity contribution in [3.8, 4) is 5.75 Å². The van der Waals surface area contributed by atoms with E-state index < -0.39 is 0 Å². The minimum atomic E-state index is -0.336. The zero-order chi connectivity index (χ0) is 11.8. The summed E-state index contributed by atoms with van der Waals surface area (Å²) in [4.78, 5) is 11.8. The second kappa shape index (κ2) is 3.63. The Labute approximate surface area is 97.2 Å². The summed E-state index contributed by atoms with van der Waals surface area (Å²) in [7, 11) is 1.57. The van der Waals surface area contributed by atoms with E-state index in [0.717, 1.165) is 10.8 Å². The van der Waals surface area contributed by atoms with Crippen LogP contribution in [0.4, 0.5) is 0 Å². The monoisotopic (exact) mass is 226 g/mol. The number of ether oxygens (including phenoxy) is 1. The predicted molar refractivity (Wildman–Crippen MR) is 66.5 cm³/mol. The van der Waals surface area contributed by atoms with Crippen molar-refractivity contribution in [3.05, 3.63) is 52.9 Å². The third-order valence-corrected chi connectivity index (χ3v) is 2.83. The van der Waals surface area contributed by atoms with Gasteiger partial charge in [-0.15, -0.1) is 0 Å². The van der Waals surface area contributed by atoms with Crippen LogP contribution in [-0.4, -0.2) is 7.11 Å². The summed E-state index contributed by atoms with van der Waals surface area (Å²) >= 11 is 0. The van der Waals surface area contributed by atoms with Gasteiger partial charge >= 0.3 is 5.63 Å². The van der Waals surface area contributed by atoms with Crippen molar-refractivity contribution >= 4 is 21.7 Å². The smallest absolute Gasteiger partial charge is 0.344 e. The molecular weight excluding hydrogens is 216 g/mol. The quantitative estimate of drug-likeness (QED) is 0.473. The van der Waals surface area contributed by atoms with Crippen molar-refractivity contribution in [2.45, 2.75) is 0 Å². The first-order valence-electron chi connectivity index (χ1n) is 5.29. The van der Waals surface area contributed by atoms with Crippen molar-refractivity contribution in [3.63, 3.8) is 0 Å². The van der Waals surface area contributed by atoms with Gasteiger partial charge in [0.1, 0.15) is 11.3 Å². The minimum absolute atomic E-state index is 0.336. The molecular formula is C14H10O3. The Morgan fingerprint density at radius 1 is 1.00 bits per heavy atom. The maximum absolute atomic E-state index is 11.8. The van der Waals surface area contributed by atoms with Crippen LogP contribution < -0.4 is 10.4 Å². The van der Waals surface area contributed by atoms with Crippen molar-refractivity contribution in [1.29, 1.82) is 0 Å². The molecule has 1 aromatic heterocycles. The molecule has 0 spiro atoms. The van der Waals surface area contributed by atoms with E-state index in [2.05, 4.69) is 0 Å². The van der Waals surface area contributed by atoms with Gasteiger partial charge in [-0.25, -0.2) is 4.79 Å². The van der Waals surface area contributed by atoms with Crippen LogP contribution in [0.1, 0.15) is 0 Å². The maximum atomic E-state index is 11.8. The molecule has 0 radical (unpaired) electrons. The largest absolute Gasteiger partial charge is 0.497 e. The molecule has 1 heterocycles. The molecule has 2 aromatic carbocycles. The summed E-state index contributed by atoms with van der Waals surface area (Å²) in [6.45, 7) is 0. The van der Waals surface area contributed by atoms with Gasteiger partial charge in [0.25, 0.3) is 0 Å².